The van der Waals surface area contributed by atoms with Crippen LogP contribution in [-0.4, -0.2) is 51.4 Å². The Bertz CT molecular complexity index is 1720. The largest absolute Gasteiger partial charge is 0.495 e. The Labute approximate surface area is 270 Å². The zero-order chi connectivity index (χ0) is 33.1. The molecule has 4 aromatic rings. The molecule has 0 saturated carbocycles. The number of rotatable bonds is 15. The predicted molar refractivity (Wildman–Crippen MR) is 178 cm³/mol. The van der Waals surface area contributed by atoms with Crippen LogP contribution in [0.25, 0.3) is 0 Å². The SMILES string of the molecule is CCCCNC(=O)C(Cc1ccccc1)N(Cc1ccccc1F)C(=O)CN(c1cc(C)ccc1OC)S(=O)(=O)c1ccccc1. The molecule has 0 aliphatic rings. The summed E-state index contributed by atoms with van der Waals surface area (Å²) in [7, 11) is -2.88. The van der Waals surface area contributed by atoms with Crippen molar-refractivity contribution in [1.29, 1.82) is 0 Å². The topological polar surface area (TPSA) is 96.0 Å². The zero-order valence-corrected chi connectivity index (χ0v) is 27.2. The summed E-state index contributed by atoms with van der Waals surface area (Å²) < 4.78 is 50.0. The van der Waals surface area contributed by atoms with E-state index in [1.807, 2.05) is 37.3 Å². The molecule has 0 aromatic heterocycles. The number of sulfonamides is 1. The highest BCUT2D eigenvalue weighted by atomic mass is 32.2. The first-order valence-corrected chi connectivity index (χ1v) is 16.7. The molecule has 0 radical (unpaired) electrons. The third-order valence-corrected chi connectivity index (χ3v) is 9.39. The van der Waals surface area contributed by atoms with Crippen LogP contribution in [0.5, 0.6) is 5.75 Å². The smallest absolute Gasteiger partial charge is 0.264 e. The van der Waals surface area contributed by atoms with Crippen LogP contribution >= 0.6 is 0 Å². The molecule has 0 saturated heterocycles. The van der Waals surface area contributed by atoms with Crippen molar-refractivity contribution in [3.63, 3.8) is 0 Å². The standard InChI is InChI=1S/C36H40FN3O5S/c1-4-5-22-38-36(42)33(24-28-14-8-6-9-15-28)39(25-29-16-12-13-19-31(29)37)35(41)26-40(32-23-27(2)20-21-34(32)45-3)46(43,44)30-17-10-7-11-18-30/h6-21,23,33H,4-5,22,24-26H2,1-3H3,(H,38,42). The highest BCUT2D eigenvalue weighted by molar-refractivity contribution is 7.92. The van der Waals surface area contributed by atoms with Crippen molar-refractivity contribution in [3.8, 4) is 5.75 Å². The predicted octanol–water partition coefficient (Wildman–Crippen LogP) is 5.89. The molecule has 4 aromatic carbocycles. The molecule has 1 unspecified atom stereocenters. The van der Waals surface area contributed by atoms with Crippen molar-refractivity contribution in [2.75, 3.05) is 24.5 Å². The van der Waals surface area contributed by atoms with Gasteiger partial charge < -0.3 is 15.0 Å². The molecular formula is C36H40FN3O5S. The van der Waals surface area contributed by atoms with E-state index in [4.69, 9.17) is 4.74 Å². The van der Waals surface area contributed by atoms with Gasteiger partial charge in [0, 0.05) is 25.1 Å². The minimum absolute atomic E-state index is 0.0230. The van der Waals surface area contributed by atoms with Crippen LogP contribution in [0, 0.1) is 12.7 Å². The van der Waals surface area contributed by atoms with E-state index < -0.39 is 40.2 Å². The average Bonchev–Trinajstić information content (AvgIpc) is 3.06. The number of carbonyl (C=O) groups is 2. The van der Waals surface area contributed by atoms with Gasteiger partial charge in [0.05, 0.1) is 17.7 Å². The Balaban J connectivity index is 1.84. The van der Waals surface area contributed by atoms with Crippen LogP contribution in [0.3, 0.4) is 0 Å². The first-order chi connectivity index (χ1) is 22.1. The van der Waals surface area contributed by atoms with Gasteiger partial charge in [0.2, 0.25) is 11.8 Å². The first-order valence-electron chi connectivity index (χ1n) is 15.2. The van der Waals surface area contributed by atoms with Gasteiger partial charge in [-0.15, -0.1) is 0 Å². The van der Waals surface area contributed by atoms with Gasteiger partial charge >= 0.3 is 0 Å². The minimum Gasteiger partial charge on any atom is -0.495 e. The molecule has 242 valence electrons. The second kappa shape index (κ2) is 16.0. The molecular weight excluding hydrogens is 605 g/mol. The number of benzene rings is 4. The molecule has 0 aliphatic heterocycles. The lowest BCUT2D eigenvalue weighted by atomic mass is 10.0. The van der Waals surface area contributed by atoms with Crippen LogP contribution in [0.4, 0.5) is 10.1 Å². The van der Waals surface area contributed by atoms with Gasteiger partial charge in [-0.1, -0.05) is 86.1 Å². The third kappa shape index (κ3) is 8.51. The van der Waals surface area contributed by atoms with E-state index in [1.54, 1.807) is 61.5 Å². The third-order valence-electron chi connectivity index (χ3n) is 7.61. The number of anilines is 1. The number of nitrogens with one attached hydrogen (secondary N) is 1. The van der Waals surface area contributed by atoms with Gasteiger partial charge in [0.15, 0.2) is 0 Å². The molecule has 0 heterocycles. The number of hydrogen-bond acceptors (Lipinski definition) is 5. The monoisotopic (exact) mass is 645 g/mol. The molecule has 4 rings (SSSR count). The second-order valence-corrected chi connectivity index (χ2v) is 12.8. The van der Waals surface area contributed by atoms with E-state index >= 15 is 4.39 Å². The fourth-order valence-corrected chi connectivity index (χ4v) is 6.54. The first kappa shape index (κ1) is 34.2. The summed E-state index contributed by atoms with van der Waals surface area (Å²) in [6, 6.07) is 27.0. The summed E-state index contributed by atoms with van der Waals surface area (Å²) in [5.74, 6) is -1.39. The Kier molecular flexibility index (Phi) is 11.9. The van der Waals surface area contributed by atoms with Gasteiger partial charge in [-0.3, -0.25) is 13.9 Å². The maximum absolute atomic E-state index is 15.1. The molecule has 46 heavy (non-hydrogen) atoms. The van der Waals surface area contributed by atoms with Crippen LogP contribution in [0.15, 0.2) is 108 Å². The van der Waals surface area contributed by atoms with Crippen molar-refractivity contribution in [1.82, 2.24) is 10.2 Å². The summed E-state index contributed by atoms with van der Waals surface area (Å²) in [6.07, 6.45) is 1.73. The second-order valence-electron chi connectivity index (χ2n) is 11.0. The highest BCUT2D eigenvalue weighted by Crippen LogP contribution is 2.34. The van der Waals surface area contributed by atoms with Gasteiger partial charge in [-0.25, -0.2) is 12.8 Å². The fourth-order valence-electron chi connectivity index (χ4n) is 5.10. The molecule has 0 spiro atoms. The maximum atomic E-state index is 15.1. The zero-order valence-electron chi connectivity index (χ0n) is 26.4. The summed E-state index contributed by atoms with van der Waals surface area (Å²) in [5.41, 5.74) is 1.90. The van der Waals surface area contributed by atoms with E-state index in [0.717, 1.165) is 28.3 Å². The van der Waals surface area contributed by atoms with E-state index in [0.29, 0.717) is 6.54 Å². The van der Waals surface area contributed by atoms with Gasteiger partial charge in [-0.05, 0) is 54.8 Å². The number of hydrogen-bond donors (Lipinski definition) is 1. The number of unbranched alkanes of at least 4 members (excludes halogenated alkanes) is 1. The highest BCUT2D eigenvalue weighted by Gasteiger charge is 2.35. The van der Waals surface area contributed by atoms with Crippen molar-refractivity contribution < 1.29 is 27.1 Å². The lowest BCUT2D eigenvalue weighted by Gasteiger charge is -2.34. The number of nitrogens with zero attached hydrogens (tertiary/aromatic N) is 2. The Morgan fingerprint density at radius 1 is 0.913 bits per heavy atom. The van der Waals surface area contributed by atoms with Crippen molar-refractivity contribution in [2.45, 2.75) is 50.6 Å². The lowest BCUT2D eigenvalue weighted by Crippen LogP contribution is -2.53. The summed E-state index contributed by atoms with van der Waals surface area (Å²) in [5, 5.41) is 2.93. The summed E-state index contributed by atoms with van der Waals surface area (Å²) in [4.78, 5) is 29.6. The van der Waals surface area contributed by atoms with Crippen molar-refractivity contribution in [3.05, 3.63) is 126 Å². The van der Waals surface area contributed by atoms with Crippen LogP contribution < -0.4 is 14.4 Å². The number of amides is 2. The van der Waals surface area contributed by atoms with Crippen LogP contribution in [0.2, 0.25) is 0 Å². The van der Waals surface area contributed by atoms with Crippen molar-refractivity contribution >= 4 is 27.5 Å². The molecule has 1 atom stereocenters. The van der Waals surface area contributed by atoms with E-state index in [9.17, 15) is 18.0 Å². The number of aryl methyl sites for hydroxylation is 1. The maximum Gasteiger partial charge on any atom is 0.264 e. The summed E-state index contributed by atoms with van der Waals surface area (Å²) in [6.45, 7) is 3.28. The molecule has 0 fully saturated rings. The van der Waals surface area contributed by atoms with E-state index in [-0.39, 0.29) is 34.9 Å². The van der Waals surface area contributed by atoms with Crippen LogP contribution in [0.1, 0.15) is 36.5 Å². The lowest BCUT2D eigenvalue weighted by molar-refractivity contribution is -0.140. The average molecular weight is 646 g/mol. The van der Waals surface area contributed by atoms with Crippen LogP contribution in [-0.2, 0) is 32.6 Å². The number of carbonyl (C=O) groups excluding carboxylic acids is 2. The van der Waals surface area contributed by atoms with Gasteiger partial charge in [0.1, 0.15) is 24.2 Å². The molecule has 2 amide bonds. The molecule has 8 nitrogen and oxygen atoms in total. The van der Waals surface area contributed by atoms with Gasteiger partial charge in [0.25, 0.3) is 10.0 Å². The Morgan fingerprint density at radius 2 is 1.57 bits per heavy atom. The number of halogens is 1. The van der Waals surface area contributed by atoms with Gasteiger partial charge in [-0.2, -0.15) is 0 Å². The number of ether oxygens (including phenoxy) is 1. The molecule has 0 aliphatic carbocycles. The number of methoxy groups -OCH3 is 1. The normalized spacial score (nSPS) is 11.8. The Hall–Kier alpha value is -4.70. The summed E-state index contributed by atoms with van der Waals surface area (Å²) >= 11 is 0. The van der Waals surface area contributed by atoms with E-state index in [2.05, 4.69) is 5.32 Å². The molecule has 0 bridgehead atoms. The molecule has 10 heteroatoms. The Morgan fingerprint density at radius 3 is 2.22 bits per heavy atom. The van der Waals surface area contributed by atoms with E-state index in [1.165, 1.54) is 30.2 Å². The quantitative estimate of drug-likeness (QED) is 0.163. The minimum atomic E-state index is -4.30. The fraction of sp³-hybridized carbons (Fsp3) is 0.278. The molecule has 1 N–H and O–H groups in total. The van der Waals surface area contributed by atoms with Crippen molar-refractivity contribution in [2.24, 2.45) is 0 Å².